The van der Waals surface area contributed by atoms with E-state index in [0.717, 1.165) is 35.9 Å². The molecule has 1 aromatic heterocycles. The minimum atomic E-state index is -3.62. The van der Waals surface area contributed by atoms with Crippen LogP contribution in [-0.2, 0) is 10.0 Å². The Labute approximate surface area is 206 Å². The molecule has 2 atom stereocenters. The van der Waals surface area contributed by atoms with Gasteiger partial charge in [0.2, 0.25) is 10.0 Å². The Morgan fingerprint density at radius 1 is 1.00 bits per heavy atom. The lowest BCUT2D eigenvalue weighted by atomic mass is 9.86. The van der Waals surface area contributed by atoms with Crippen LogP contribution in [0.2, 0.25) is 0 Å². The number of hydrogen-bond donors (Lipinski definition) is 1. The fourth-order valence-electron chi connectivity index (χ4n) is 5.36. The van der Waals surface area contributed by atoms with E-state index in [4.69, 9.17) is 0 Å². The van der Waals surface area contributed by atoms with Crippen LogP contribution in [0.3, 0.4) is 0 Å². The van der Waals surface area contributed by atoms with E-state index in [0.29, 0.717) is 37.4 Å². The van der Waals surface area contributed by atoms with E-state index >= 15 is 0 Å². The van der Waals surface area contributed by atoms with Gasteiger partial charge in [0.1, 0.15) is 5.52 Å². The molecular weight excluding hydrogens is 462 g/mol. The van der Waals surface area contributed by atoms with Crippen LogP contribution < -0.4 is 5.32 Å². The molecule has 5 rings (SSSR count). The molecule has 3 aromatic rings. The third kappa shape index (κ3) is 4.84. The number of benzene rings is 2. The Hall–Kier alpha value is -2.78. The molecule has 1 N–H and O–H groups in total. The summed E-state index contributed by atoms with van der Waals surface area (Å²) in [5.74, 6) is 0.332. The van der Waals surface area contributed by atoms with E-state index in [1.807, 2.05) is 29.8 Å². The number of sulfonamides is 1. The standard InChI is InChI=1S/C26H33N5O3S/c1-18-7-12-25-24(17-18)28-29-31(25)21-13-15-30(16-14-21)35(33,34)22-10-8-20(9-11-22)26(32)27-23-6-4-3-5-19(23)2/h7-12,17,19,21,23H,3-6,13-16H2,1-2H3,(H,27,32)/t19-,23-/m0/s1. The number of nitrogens with one attached hydrogen (secondary N) is 1. The van der Waals surface area contributed by atoms with Gasteiger partial charge in [-0.3, -0.25) is 4.79 Å². The zero-order valence-electron chi connectivity index (χ0n) is 20.4. The summed E-state index contributed by atoms with van der Waals surface area (Å²) in [5, 5.41) is 11.7. The maximum Gasteiger partial charge on any atom is 0.251 e. The number of carbonyl (C=O) groups is 1. The van der Waals surface area contributed by atoms with Crippen LogP contribution in [-0.4, -0.2) is 52.8 Å². The first-order chi connectivity index (χ1) is 16.8. The molecular formula is C26H33N5O3S. The van der Waals surface area contributed by atoms with Gasteiger partial charge in [0, 0.05) is 24.7 Å². The summed E-state index contributed by atoms with van der Waals surface area (Å²) in [6, 6.07) is 12.7. The first kappa shape index (κ1) is 23.9. The van der Waals surface area contributed by atoms with Gasteiger partial charge >= 0.3 is 0 Å². The predicted octanol–water partition coefficient (Wildman–Crippen LogP) is 4.07. The van der Waals surface area contributed by atoms with Gasteiger partial charge < -0.3 is 5.32 Å². The first-order valence-electron chi connectivity index (χ1n) is 12.6. The molecule has 1 amide bonds. The molecule has 1 aliphatic heterocycles. The van der Waals surface area contributed by atoms with E-state index in [-0.39, 0.29) is 22.9 Å². The van der Waals surface area contributed by atoms with Crippen LogP contribution in [0.25, 0.3) is 11.0 Å². The number of nitrogens with zero attached hydrogens (tertiary/aromatic N) is 4. The smallest absolute Gasteiger partial charge is 0.251 e. The molecule has 8 nitrogen and oxygen atoms in total. The van der Waals surface area contributed by atoms with Crippen molar-refractivity contribution in [1.29, 1.82) is 0 Å². The number of amides is 1. The Morgan fingerprint density at radius 2 is 1.71 bits per heavy atom. The minimum Gasteiger partial charge on any atom is -0.349 e. The lowest BCUT2D eigenvalue weighted by molar-refractivity contribution is 0.0910. The normalized spacial score (nSPS) is 22.3. The summed E-state index contributed by atoms with van der Waals surface area (Å²) in [5.41, 5.74) is 3.47. The Morgan fingerprint density at radius 3 is 2.43 bits per heavy atom. The molecule has 1 aliphatic carbocycles. The maximum absolute atomic E-state index is 13.3. The van der Waals surface area contributed by atoms with Crippen molar-refractivity contribution in [2.45, 2.75) is 69.4 Å². The fraction of sp³-hybridized carbons (Fsp3) is 0.500. The highest BCUT2D eigenvalue weighted by molar-refractivity contribution is 7.89. The highest BCUT2D eigenvalue weighted by Gasteiger charge is 2.31. The van der Waals surface area contributed by atoms with Crippen molar-refractivity contribution in [2.24, 2.45) is 5.92 Å². The van der Waals surface area contributed by atoms with Crippen molar-refractivity contribution in [1.82, 2.24) is 24.6 Å². The van der Waals surface area contributed by atoms with E-state index in [9.17, 15) is 13.2 Å². The molecule has 9 heteroatoms. The van der Waals surface area contributed by atoms with Crippen LogP contribution in [0.5, 0.6) is 0 Å². The molecule has 0 radical (unpaired) electrons. The zero-order valence-corrected chi connectivity index (χ0v) is 21.2. The van der Waals surface area contributed by atoms with Gasteiger partial charge in [-0.15, -0.1) is 5.10 Å². The van der Waals surface area contributed by atoms with Crippen LogP contribution >= 0.6 is 0 Å². The van der Waals surface area contributed by atoms with Gasteiger partial charge in [0.25, 0.3) is 5.91 Å². The number of aromatic nitrogens is 3. The van der Waals surface area contributed by atoms with Gasteiger partial charge in [-0.2, -0.15) is 4.31 Å². The lowest BCUT2D eigenvalue weighted by Crippen LogP contribution is -2.41. The van der Waals surface area contributed by atoms with Crippen molar-refractivity contribution >= 4 is 27.0 Å². The van der Waals surface area contributed by atoms with Gasteiger partial charge in [0.05, 0.1) is 16.5 Å². The summed E-state index contributed by atoms with van der Waals surface area (Å²) in [4.78, 5) is 12.9. The largest absolute Gasteiger partial charge is 0.349 e. The highest BCUT2D eigenvalue weighted by atomic mass is 32.2. The quantitative estimate of drug-likeness (QED) is 0.575. The van der Waals surface area contributed by atoms with Crippen molar-refractivity contribution in [2.75, 3.05) is 13.1 Å². The molecule has 186 valence electrons. The number of piperidine rings is 1. The van der Waals surface area contributed by atoms with Gasteiger partial charge in [-0.1, -0.05) is 31.0 Å². The van der Waals surface area contributed by atoms with Crippen LogP contribution in [0.15, 0.2) is 47.4 Å². The van der Waals surface area contributed by atoms with Crippen molar-refractivity contribution < 1.29 is 13.2 Å². The maximum atomic E-state index is 13.3. The van der Waals surface area contributed by atoms with Crippen LogP contribution in [0, 0.1) is 12.8 Å². The molecule has 2 aromatic carbocycles. The van der Waals surface area contributed by atoms with Crippen molar-refractivity contribution in [3.63, 3.8) is 0 Å². The number of carbonyl (C=O) groups excluding carboxylic acids is 1. The molecule has 1 saturated heterocycles. The second-order valence-corrected chi connectivity index (χ2v) is 12.0. The summed E-state index contributed by atoms with van der Waals surface area (Å²) in [6.07, 6.45) is 5.82. The average Bonchev–Trinajstić information content (AvgIpc) is 3.28. The number of hydrogen-bond acceptors (Lipinski definition) is 5. The molecule has 35 heavy (non-hydrogen) atoms. The average molecular weight is 496 g/mol. The second kappa shape index (κ2) is 9.70. The predicted molar refractivity (Wildman–Crippen MR) is 135 cm³/mol. The molecule has 1 saturated carbocycles. The summed E-state index contributed by atoms with van der Waals surface area (Å²) in [7, 11) is -3.62. The van der Waals surface area contributed by atoms with E-state index in [1.54, 1.807) is 24.3 Å². The number of rotatable bonds is 5. The van der Waals surface area contributed by atoms with Crippen LogP contribution in [0.4, 0.5) is 0 Å². The van der Waals surface area contributed by atoms with E-state index < -0.39 is 10.0 Å². The van der Waals surface area contributed by atoms with Crippen molar-refractivity contribution in [3.05, 3.63) is 53.6 Å². The Balaban J connectivity index is 1.23. The summed E-state index contributed by atoms with van der Waals surface area (Å²) >= 11 is 0. The van der Waals surface area contributed by atoms with Gasteiger partial charge in [-0.25, -0.2) is 13.1 Å². The van der Waals surface area contributed by atoms with E-state index in [1.165, 1.54) is 10.7 Å². The minimum absolute atomic E-state index is 0.113. The molecule has 0 spiro atoms. The third-order valence-corrected chi connectivity index (χ3v) is 9.49. The molecule has 0 bridgehead atoms. The molecule has 2 heterocycles. The molecule has 0 unspecified atom stereocenters. The SMILES string of the molecule is Cc1ccc2c(c1)nnn2C1CCN(S(=O)(=O)c2ccc(C(=O)N[C@H]3CCCC[C@@H]3C)cc2)CC1. The summed E-state index contributed by atoms with van der Waals surface area (Å²) < 4.78 is 30.0. The van der Waals surface area contributed by atoms with Crippen molar-refractivity contribution in [3.8, 4) is 0 Å². The number of fused-ring (bicyclic) bond motifs is 1. The van der Waals surface area contributed by atoms with E-state index in [2.05, 4.69) is 22.6 Å². The molecule has 2 fully saturated rings. The fourth-order valence-corrected chi connectivity index (χ4v) is 6.83. The summed E-state index contributed by atoms with van der Waals surface area (Å²) in [6.45, 7) is 5.04. The first-order valence-corrected chi connectivity index (χ1v) is 14.0. The zero-order chi connectivity index (χ0) is 24.6. The van der Waals surface area contributed by atoms with Gasteiger partial charge in [0.15, 0.2) is 0 Å². The molecule has 2 aliphatic rings. The van der Waals surface area contributed by atoms with Gasteiger partial charge in [-0.05, 0) is 80.5 Å². The monoisotopic (exact) mass is 495 g/mol. The third-order valence-electron chi connectivity index (χ3n) is 7.58. The topological polar surface area (TPSA) is 97.2 Å². The Kier molecular flexibility index (Phi) is 6.63. The Bertz CT molecular complexity index is 1310. The number of aryl methyl sites for hydroxylation is 1. The second-order valence-electron chi connectivity index (χ2n) is 10.0. The lowest BCUT2D eigenvalue weighted by Gasteiger charge is -2.31. The highest BCUT2D eigenvalue weighted by Crippen LogP contribution is 2.29. The van der Waals surface area contributed by atoms with Crippen LogP contribution in [0.1, 0.15) is 67.4 Å².